The van der Waals surface area contributed by atoms with Gasteiger partial charge in [0, 0.05) is 5.92 Å². The quantitative estimate of drug-likeness (QED) is 0.794. The van der Waals surface area contributed by atoms with Gasteiger partial charge < -0.3 is 5.11 Å². The van der Waals surface area contributed by atoms with Crippen molar-refractivity contribution in [1.29, 1.82) is 0 Å². The van der Waals surface area contributed by atoms with E-state index in [1.807, 2.05) is 30.3 Å². The van der Waals surface area contributed by atoms with Crippen LogP contribution in [-0.4, -0.2) is 15.4 Å². The van der Waals surface area contributed by atoms with Crippen molar-refractivity contribution < 1.29 is 9.90 Å². The third-order valence-electron chi connectivity index (χ3n) is 2.48. The van der Waals surface area contributed by atoms with E-state index in [0.717, 1.165) is 5.56 Å². The molecule has 1 N–H and O–H groups in total. The van der Waals surface area contributed by atoms with Gasteiger partial charge in [-0.1, -0.05) is 53.5 Å². The van der Waals surface area contributed by atoms with E-state index in [2.05, 4.69) is 0 Å². The van der Waals surface area contributed by atoms with Crippen molar-refractivity contribution in [3.05, 3.63) is 35.9 Å². The molecule has 0 aliphatic heterocycles. The summed E-state index contributed by atoms with van der Waals surface area (Å²) in [6, 6.07) is 9.23. The van der Waals surface area contributed by atoms with Gasteiger partial charge in [-0.3, -0.25) is 4.79 Å². The average Bonchev–Trinajstić information content (AvgIpc) is 2.71. The molecule has 1 aliphatic carbocycles. The molecule has 2 unspecified atom stereocenters. The molecular formula is C10H8Cl2O2. The van der Waals surface area contributed by atoms with Crippen molar-refractivity contribution in [3.8, 4) is 0 Å². The number of alkyl halides is 2. The Balaban J connectivity index is 2.28. The molecule has 1 fully saturated rings. The number of aliphatic carboxylic acids is 1. The van der Waals surface area contributed by atoms with Crippen LogP contribution in [0.1, 0.15) is 11.5 Å². The molecule has 0 aromatic heterocycles. The fourth-order valence-electron chi connectivity index (χ4n) is 1.71. The second-order valence-corrected chi connectivity index (χ2v) is 4.82. The van der Waals surface area contributed by atoms with Gasteiger partial charge >= 0.3 is 5.97 Å². The Kier molecular flexibility index (Phi) is 2.20. The third-order valence-corrected chi connectivity index (χ3v) is 3.42. The van der Waals surface area contributed by atoms with E-state index >= 15 is 0 Å². The lowest BCUT2D eigenvalue weighted by Gasteiger charge is -1.97. The predicted molar refractivity (Wildman–Crippen MR) is 54.7 cm³/mol. The maximum absolute atomic E-state index is 10.8. The lowest BCUT2D eigenvalue weighted by molar-refractivity contribution is -0.138. The summed E-state index contributed by atoms with van der Waals surface area (Å²) in [6.45, 7) is 0. The molecule has 0 spiro atoms. The van der Waals surface area contributed by atoms with Gasteiger partial charge in [0.15, 0.2) is 0 Å². The van der Waals surface area contributed by atoms with Crippen LogP contribution in [0.3, 0.4) is 0 Å². The normalized spacial score (nSPS) is 28.4. The largest absolute Gasteiger partial charge is 0.481 e. The first-order chi connectivity index (χ1) is 6.55. The summed E-state index contributed by atoms with van der Waals surface area (Å²) in [5.41, 5.74) is 0.880. The highest BCUT2D eigenvalue weighted by atomic mass is 35.5. The van der Waals surface area contributed by atoms with Crippen LogP contribution >= 0.6 is 23.2 Å². The molecule has 4 heteroatoms. The van der Waals surface area contributed by atoms with E-state index in [1.54, 1.807) is 0 Å². The van der Waals surface area contributed by atoms with E-state index in [0.29, 0.717) is 0 Å². The zero-order valence-electron chi connectivity index (χ0n) is 7.15. The predicted octanol–water partition coefficient (Wildman–Crippen LogP) is 2.66. The average molecular weight is 231 g/mol. The van der Waals surface area contributed by atoms with Crippen LogP contribution in [0.15, 0.2) is 30.3 Å². The summed E-state index contributed by atoms with van der Waals surface area (Å²) < 4.78 is -1.15. The van der Waals surface area contributed by atoms with Gasteiger partial charge in [0.05, 0.1) is 5.92 Å². The van der Waals surface area contributed by atoms with Crippen molar-refractivity contribution in [2.24, 2.45) is 5.92 Å². The third kappa shape index (κ3) is 1.39. The summed E-state index contributed by atoms with van der Waals surface area (Å²) >= 11 is 11.8. The summed E-state index contributed by atoms with van der Waals surface area (Å²) in [7, 11) is 0. The van der Waals surface area contributed by atoms with Gasteiger partial charge in [0.1, 0.15) is 4.33 Å². The molecule has 0 bridgehead atoms. The fraction of sp³-hybridized carbons (Fsp3) is 0.300. The molecule has 1 saturated carbocycles. The minimum absolute atomic E-state index is 0.287. The van der Waals surface area contributed by atoms with Crippen molar-refractivity contribution in [2.45, 2.75) is 10.3 Å². The first-order valence-corrected chi connectivity index (χ1v) is 4.96. The molecular weight excluding hydrogens is 223 g/mol. The van der Waals surface area contributed by atoms with Gasteiger partial charge in [0.25, 0.3) is 0 Å². The van der Waals surface area contributed by atoms with Crippen molar-refractivity contribution in [2.75, 3.05) is 0 Å². The van der Waals surface area contributed by atoms with Gasteiger partial charge in [-0.25, -0.2) is 0 Å². The van der Waals surface area contributed by atoms with Crippen molar-refractivity contribution >= 4 is 29.2 Å². The molecule has 0 radical (unpaired) electrons. The first-order valence-electron chi connectivity index (χ1n) is 4.20. The number of benzene rings is 1. The zero-order chi connectivity index (χ0) is 10.3. The summed E-state index contributed by atoms with van der Waals surface area (Å²) in [4.78, 5) is 10.8. The number of hydrogen-bond acceptors (Lipinski definition) is 1. The molecule has 2 rings (SSSR count). The molecule has 14 heavy (non-hydrogen) atoms. The number of carbonyl (C=O) groups is 1. The first kappa shape index (κ1) is 9.81. The number of carboxylic acids is 1. The molecule has 2 nitrogen and oxygen atoms in total. The van der Waals surface area contributed by atoms with Gasteiger partial charge in [-0.2, -0.15) is 0 Å². The Hall–Kier alpha value is -0.730. The number of carboxylic acid groups (broad SMARTS) is 1. The number of hydrogen-bond donors (Lipinski definition) is 1. The molecule has 0 saturated heterocycles. The summed E-state index contributed by atoms with van der Waals surface area (Å²) in [5.74, 6) is -1.92. The second kappa shape index (κ2) is 3.14. The molecule has 1 aliphatic rings. The standard InChI is InChI=1S/C10H8Cl2O2/c11-10(12)7(8(10)9(13)14)6-4-2-1-3-5-6/h1-5,7-8H,(H,13,14). The van der Waals surface area contributed by atoms with E-state index in [9.17, 15) is 4.79 Å². The molecule has 74 valence electrons. The van der Waals surface area contributed by atoms with Crippen LogP contribution < -0.4 is 0 Å². The minimum Gasteiger partial charge on any atom is -0.481 e. The highest BCUT2D eigenvalue weighted by Crippen LogP contribution is 2.64. The van der Waals surface area contributed by atoms with E-state index in [1.165, 1.54) is 0 Å². The maximum atomic E-state index is 10.8. The lowest BCUT2D eigenvalue weighted by atomic mass is 10.1. The van der Waals surface area contributed by atoms with Crippen molar-refractivity contribution in [1.82, 2.24) is 0 Å². The second-order valence-electron chi connectivity index (χ2n) is 3.38. The fourth-order valence-corrected chi connectivity index (χ4v) is 2.53. The van der Waals surface area contributed by atoms with Gasteiger partial charge in [0.2, 0.25) is 0 Å². The van der Waals surface area contributed by atoms with E-state index in [-0.39, 0.29) is 5.92 Å². The van der Waals surface area contributed by atoms with Crippen LogP contribution in [0.4, 0.5) is 0 Å². The van der Waals surface area contributed by atoms with Gasteiger partial charge in [-0.05, 0) is 5.56 Å². The van der Waals surface area contributed by atoms with Crippen LogP contribution in [0, 0.1) is 5.92 Å². The van der Waals surface area contributed by atoms with Crippen LogP contribution in [-0.2, 0) is 4.79 Å². The monoisotopic (exact) mass is 230 g/mol. The topological polar surface area (TPSA) is 37.3 Å². The zero-order valence-corrected chi connectivity index (χ0v) is 8.66. The molecule has 1 aromatic carbocycles. The van der Waals surface area contributed by atoms with Crippen molar-refractivity contribution in [3.63, 3.8) is 0 Å². The van der Waals surface area contributed by atoms with E-state index < -0.39 is 16.2 Å². The summed E-state index contributed by atoms with van der Waals surface area (Å²) in [6.07, 6.45) is 0. The summed E-state index contributed by atoms with van der Waals surface area (Å²) in [5, 5.41) is 8.85. The van der Waals surface area contributed by atoms with Crippen LogP contribution in [0.2, 0.25) is 0 Å². The number of rotatable bonds is 2. The van der Waals surface area contributed by atoms with E-state index in [4.69, 9.17) is 28.3 Å². The highest BCUT2D eigenvalue weighted by molar-refractivity contribution is 6.53. The SMILES string of the molecule is O=C(O)C1C(c2ccccc2)C1(Cl)Cl. The smallest absolute Gasteiger partial charge is 0.310 e. The van der Waals surface area contributed by atoms with Crippen LogP contribution in [0.25, 0.3) is 0 Å². The highest BCUT2D eigenvalue weighted by Gasteiger charge is 2.68. The Morgan fingerprint density at radius 3 is 2.29 bits per heavy atom. The maximum Gasteiger partial charge on any atom is 0.310 e. The molecule has 0 amide bonds. The number of halogens is 2. The van der Waals surface area contributed by atoms with Crippen LogP contribution in [0.5, 0.6) is 0 Å². The lowest BCUT2D eigenvalue weighted by Crippen LogP contribution is -2.03. The van der Waals surface area contributed by atoms with Gasteiger partial charge in [-0.15, -0.1) is 0 Å². The molecule has 1 aromatic rings. The Morgan fingerprint density at radius 2 is 1.86 bits per heavy atom. The minimum atomic E-state index is -1.15. The Morgan fingerprint density at radius 1 is 1.29 bits per heavy atom. The Bertz CT molecular complexity index is 362. The Labute approximate surface area is 91.4 Å². The molecule has 0 heterocycles. The molecule has 2 atom stereocenters.